The molecule has 2 rings (SSSR count). The van der Waals surface area contributed by atoms with Gasteiger partial charge >= 0.3 is 5.97 Å². The first-order valence-electron chi connectivity index (χ1n) is 4.73. The maximum atomic E-state index is 10.8. The van der Waals surface area contributed by atoms with E-state index in [1.807, 2.05) is 6.07 Å². The highest BCUT2D eigenvalue weighted by Crippen LogP contribution is 2.07. The fourth-order valence-corrected chi connectivity index (χ4v) is 1.82. The number of hydrogen-bond acceptors (Lipinski definition) is 5. The number of nitrogens with one attached hydrogen (secondary N) is 1. The number of carbonyl (C=O) groups excluding carboxylic acids is 2. The molecule has 0 aromatic heterocycles. The van der Waals surface area contributed by atoms with Crippen molar-refractivity contribution >= 4 is 40.2 Å². The summed E-state index contributed by atoms with van der Waals surface area (Å²) in [5.74, 6) is 0.231. The van der Waals surface area contributed by atoms with Crippen molar-refractivity contribution in [2.75, 3.05) is 12.9 Å². The number of thiocarbonyl (C=S) groups is 1. The van der Waals surface area contributed by atoms with E-state index >= 15 is 0 Å². The second-order valence-corrected chi connectivity index (χ2v) is 4.63. The van der Waals surface area contributed by atoms with Gasteiger partial charge in [-0.15, -0.1) is 0 Å². The van der Waals surface area contributed by atoms with Crippen molar-refractivity contribution in [1.82, 2.24) is 5.32 Å². The van der Waals surface area contributed by atoms with Gasteiger partial charge < -0.3 is 10.1 Å². The predicted octanol–water partition coefficient (Wildman–Crippen LogP) is 1.61. The minimum absolute atomic E-state index is 0.0231. The zero-order valence-corrected chi connectivity index (χ0v) is 10.8. The summed E-state index contributed by atoms with van der Waals surface area (Å²) in [6.45, 7) is 0. The van der Waals surface area contributed by atoms with Crippen molar-refractivity contribution in [2.24, 2.45) is 0 Å². The van der Waals surface area contributed by atoms with Crippen molar-refractivity contribution < 1.29 is 14.3 Å². The highest BCUT2D eigenvalue weighted by Gasteiger charge is 2.13. The summed E-state index contributed by atoms with van der Waals surface area (Å²) in [6.07, 6.45) is 0. The zero-order valence-electron chi connectivity index (χ0n) is 9.14. The fraction of sp³-hybridized carbons (Fsp3) is 0.182. The SMILES string of the molecule is COC(=O)c1ccccc1.O=C1CSC(=S)N1. The number of ether oxygens (including phenoxy) is 1. The summed E-state index contributed by atoms with van der Waals surface area (Å²) in [5, 5.41) is 2.47. The molecular weight excluding hydrogens is 258 g/mol. The minimum atomic E-state index is -0.291. The summed E-state index contributed by atoms with van der Waals surface area (Å²) in [4.78, 5) is 21.0. The lowest BCUT2D eigenvalue weighted by molar-refractivity contribution is -0.116. The quantitative estimate of drug-likeness (QED) is 0.620. The number of amides is 1. The highest BCUT2D eigenvalue weighted by atomic mass is 32.2. The predicted molar refractivity (Wildman–Crippen MR) is 71.0 cm³/mol. The standard InChI is InChI=1S/C8H8O2.C3H3NOS2/c1-10-8(9)7-5-3-2-4-6-7;5-2-1-7-3(6)4-2/h2-6H,1H3;1H2,(H,4,5,6). The Labute approximate surface area is 109 Å². The third kappa shape index (κ3) is 4.97. The van der Waals surface area contributed by atoms with Crippen LogP contribution in [0, 0.1) is 0 Å². The molecule has 0 saturated carbocycles. The summed E-state index contributed by atoms with van der Waals surface area (Å²) in [5.41, 5.74) is 0.588. The molecule has 1 amide bonds. The van der Waals surface area contributed by atoms with Gasteiger partial charge in [-0.1, -0.05) is 42.2 Å². The molecule has 1 N–H and O–H groups in total. The van der Waals surface area contributed by atoms with Crippen molar-refractivity contribution in [3.05, 3.63) is 35.9 Å². The molecule has 0 bridgehead atoms. The van der Waals surface area contributed by atoms with Crippen LogP contribution in [0.4, 0.5) is 0 Å². The van der Waals surface area contributed by atoms with Gasteiger partial charge in [0.1, 0.15) is 4.32 Å². The number of benzene rings is 1. The first-order chi connectivity index (χ1) is 8.13. The molecule has 1 aromatic rings. The van der Waals surface area contributed by atoms with Crippen LogP contribution in [-0.4, -0.2) is 29.1 Å². The van der Waals surface area contributed by atoms with Gasteiger partial charge in [0.2, 0.25) is 5.91 Å². The second kappa shape index (κ2) is 7.03. The molecule has 1 aromatic carbocycles. The van der Waals surface area contributed by atoms with E-state index in [4.69, 9.17) is 0 Å². The number of carbonyl (C=O) groups is 2. The molecule has 0 aliphatic carbocycles. The molecule has 1 aliphatic heterocycles. The van der Waals surface area contributed by atoms with E-state index in [1.54, 1.807) is 24.3 Å². The monoisotopic (exact) mass is 269 g/mol. The molecular formula is C11H11NO3S2. The lowest BCUT2D eigenvalue weighted by Crippen LogP contribution is -2.18. The van der Waals surface area contributed by atoms with E-state index in [1.165, 1.54) is 18.9 Å². The van der Waals surface area contributed by atoms with Gasteiger partial charge in [-0.2, -0.15) is 0 Å². The highest BCUT2D eigenvalue weighted by molar-refractivity contribution is 8.24. The lowest BCUT2D eigenvalue weighted by Gasteiger charge is -1.95. The van der Waals surface area contributed by atoms with Crippen molar-refractivity contribution in [3.8, 4) is 0 Å². The smallest absolute Gasteiger partial charge is 0.337 e. The third-order valence-electron chi connectivity index (χ3n) is 1.77. The molecule has 0 spiro atoms. The van der Waals surface area contributed by atoms with Crippen LogP contribution >= 0.6 is 24.0 Å². The van der Waals surface area contributed by atoms with Gasteiger partial charge in [0.15, 0.2) is 0 Å². The first-order valence-corrected chi connectivity index (χ1v) is 6.13. The van der Waals surface area contributed by atoms with Crippen molar-refractivity contribution in [1.29, 1.82) is 0 Å². The lowest BCUT2D eigenvalue weighted by atomic mass is 10.2. The van der Waals surface area contributed by atoms with Crippen LogP contribution in [0.5, 0.6) is 0 Å². The average molecular weight is 269 g/mol. The van der Waals surface area contributed by atoms with Crippen molar-refractivity contribution in [3.63, 3.8) is 0 Å². The first kappa shape index (κ1) is 13.7. The second-order valence-electron chi connectivity index (χ2n) is 2.98. The van der Waals surface area contributed by atoms with Crippen LogP contribution in [-0.2, 0) is 9.53 Å². The Kier molecular flexibility index (Phi) is 5.65. The molecule has 0 atom stereocenters. The van der Waals surface area contributed by atoms with Gasteiger partial charge in [-0.25, -0.2) is 4.79 Å². The van der Waals surface area contributed by atoms with Crippen LogP contribution in [0.1, 0.15) is 10.4 Å². The zero-order chi connectivity index (χ0) is 12.7. The molecule has 6 heteroatoms. The largest absolute Gasteiger partial charge is 0.465 e. The van der Waals surface area contributed by atoms with Crippen LogP contribution in [0.2, 0.25) is 0 Å². The van der Waals surface area contributed by atoms with Crippen molar-refractivity contribution in [2.45, 2.75) is 0 Å². The van der Waals surface area contributed by atoms with Gasteiger partial charge in [0.25, 0.3) is 0 Å². The Morgan fingerprint density at radius 2 is 2.06 bits per heavy atom. The van der Waals surface area contributed by atoms with E-state index in [9.17, 15) is 9.59 Å². The summed E-state index contributed by atoms with van der Waals surface area (Å²) in [6, 6.07) is 8.88. The number of methoxy groups -OCH3 is 1. The molecule has 1 fully saturated rings. The minimum Gasteiger partial charge on any atom is -0.465 e. The molecule has 4 nitrogen and oxygen atoms in total. The Balaban J connectivity index is 0.000000181. The van der Waals surface area contributed by atoms with Crippen LogP contribution < -0.4 is 5.32 Å². The molecule has 17 heavy (non-hydrogen) atoms. The normalized spacial score (nSPS) is 13.5. The Bertz CT molecular complexity index is 406. The Hall–Kier alpha value is -1.40. The van der Waals surface area contributed by atoms with Crippen LogP contribution in [0.3, 0.4) is 0 Å². The van der Waals surface area contributed by atoms with E-state index < -0.39 is 0 Å². The van der Waals surface area contributed by atoms with Gasteiger partial charge in [-0.3, -0.25) is 4.79 Å². The third-order valence-corrected chi connectivity index (χ3v) is 3.00. The average Bonchev–Trinajstić information content (AvgIpc) is 2.74. The fourth-order valence-electron chi connectivity index (χ4n) is 1.01. The number of esters is 1. The molecule has 90 valence electrons. The molecule has 1 aliphatic rings. The topological polar surface area (TPSA) is 55.4 Å². The molecule has 1 heterocycles. The maximum absolute atomic E-state index is 10.8. The Morgan fingerprint density at radius 1 is 1.41 bits per heavy atom. The Morgan fingerprint density at radius 3 is 2.41 bits per heavy atom. The van der Waals surface area contributed by atoms with E-state index in [2.05, 4.69) is 22.3 Å². The number of hydrogen-bond donors (Lipinski definition) is 1. The van der Waals surface area contributed by atoms with Gasteiger partial charge in [0.05, 0.1) is 18.4 Å². The summed E-state index contributed by atoms with van der Waals surface area (Å²) < 4.78 is 5.10. The van der Waals surface area contributed by atoms with Crippen LogP contribution in [0.15, 0.2) is 30.3 Å². The summed E-state index contributed by atoms with van der Waals surface area (Å²) >= 11 is 6.00. The number of rotatable bonds is 1. The van der Waals surface area contributed by atoms with Gasteiger partial charge in [0, 0.05) is 0 Å². The molecule has 1 saturated heterocycles. The van der Waals surface area contributed by atoms with Gasteiger partial charge in [-0.05, 0) is 12.1 Å². The van der Waals surface area contributed by atoms with Crippen LogP contribution in [0.25, 0.3) is 0 Å². The maximum Gasteiger partial charge on any atom is 0.337 e. The molecule has 0 radical (unpaired) electrons. The molecule has 0 unspecified atom stereocenters. The van der Waals surface area contributed by atoms with E-state index in [-0.39, 0.29) is 11.9 Å². The number of thioether (sulfide) groups is 1. The van der Waals surface area contributed by atoms with E-state index in [0.29, 0.717) is 15.6 Å². The summed E-state index contributed by atoms with van der Waals surface area (Å²) in [7, 11) is 1.37. The van der Waals surface area contributed by atoms with E-state index in [0.717, 1.165) is 0 Å².